The third-order valence-corrected chi connectivity index (χ3v) is 2.79. The van der Waals surface area contributed by atoms with E-state index in [1.165, 1.54) is 24.4 Å². The number of amides is 1. The van der Waals surface area contributed by atoms with Crippen molar-refractivity contribution in [1.82, 2.24) is 5.43 Å². The molecular formula is C16H15N3O5. The molecule has 0 aliphatic rings. The molecule has 1 heterocycles. The van der Waals surface area contributed by atoms with Gasteiger partial charge in [-0.15, -0.1) is 0 Å². The van der Waals surface area contributed by atoms with Crippen molar-refractivity contribution < 1.29 is 18.9 Å². The standard InChI is InChI=1S/C16H15N3O5/c1-12(9-13-5-4-8-23-13)10-17-18-16(20)11-24-15-7-3-2-6-14(15)19(21)22/h2-10H,11H2,1H3,(H,18,20). The van der Waals surface area contributed by atoms with Crippen LogP contribution in [0.25, 0.3) is 6.08 Å². The van der Waals surface area contributed by atoms with Gasteiger partial charge in [0.1, 0.15) is 5.76 Å². The summed E-state index contributed by atoms with van der Waals surface area (Å²) in [5, 5.41) is 14.6. The number of furan rings is 1. The maximum absolute atomic E-state index is 11.6. The van der Waals surface area contributed by atoms with E-state index in [9.17, 15) is 14.9 Å². The van der Waals surface area contributed by atoms with E-state index in [1.54, 1.807) is 37.5 Å². The molecule has 0 unspecified atom stereocenters. The Morgan fingerprint density at radius 2 is 2.17 bits per heavy atom. The Bertz CT molecular complexity index is 766. The number of para-hydroxylation sites is 2. The fraction of sp³-hybridized carbons (Fsp3) is 0.125. The first kappa shape index (κ1) is 16.9. The molecule has 0 fully saturated rings. The van der Waals surface area contributed by atoms with E-state index in [4.69, 9.17) is 9.15 Å². The number of allylic oxidation sites excluding steroid dienone is 1. The van der Waals surface area contributed by atoms with Gasteiger partial charge in [-0.3, -0.25) is 14.9 Å². The van der Waals surface area contributed by atoms with Gasteiger partial charge < -0.3 is 9.15 Å². The van der Waals surface area contributed by atoms with Crippen LogP contribution in [0.2, 0.25) is 0 Å². The first-order valence-electron chi connectivity index (χ1n) is 6.96. The number of nitrogens with one attached hydrogen (secondary N) is 1. The molecule has 24 heavy (non-hydrogen) atoms. The molecule has 0 aliphatic heterocycles. The largest absolute Gasteiger partial charge is 0.477 e. The summed E-state index contributed by atoms with van der Waals surface area (Å²) < 4.78 is 10.3. The first-order valence-corrected chi connectivity index (χ1v) is 6.96. The van der Waals surface area contributed by atoms with Crippen LogP contribution in [-0.4, -0.2) is 23.7 Å². The van der Waals surface area contributed by atoms with Crippen LogP contribution in [0.1, 0.15) is 12.7 Å². The van der Waals surface area contributed by atoms with Crippen molar-refractivity contribution in [3.05, 3.63) is 64.1 Å². The van der Waals surface area contributed by atoms with Gasteiger partial charge in [-0.2, -0.15) is 5.10 Å². The third-order valence-electron chi connectivity index (χ3n) is 2.79. The summed E-state index contributed by atoms with van der Waals surface area (Å²) in [4.78, 5) is 21.9. The molecule has 0 bridgehead atoms. The summed E-state index contributed by atoms with van der Waals surface area (Å²) in [6.07, 6.45) is 4.75. The van der Waals surface area contributed by atoms with Crippen molar-refractivity contribution in [2.75, 3.05) is 6.61 Å². The molecule has 0 spiro atoms. The van der Waals surface area contributed by atoms with Gasteiger partial charge in [0.2, 0.25) is 0 Å². The average molecular weight is 329 g/mol. The monoisotopic (exact) mass is 329 g/mol. The summed E-state index contributed by atoms with van der Waals surface area (Å²) >= 11 is 0. The van der Waals surface area contributed by atoms with Gasteiger partial charge in [0.25, 0.3) is 5.91 Å². The van der Waals surface area contributed by atoms with E-state index >= 15 is 0 Å². The lowest BCUT2D eigenvalue weighted by atomic mass is 10.3. The van der Waals surface area contributed by atoms with E-state index in [0.29, 0.717) is 5.76 Å². The van der Waals surface area contributed by atoms with Crippen LogP contribution in [-0.2, 0) is 4.79 Å². The van der Waals surface area contributed by atoms with Crippen molar-refractivity contribution in [2.24, 2.45) is 5.10 Å². The van der Waals surface area contributed by atoms with E-state index < -0.39 is 10.8 Å². The minimum absolute atomic E-state index is 0.0236. The fourth-order valence-corrected chi connectivity index (χ4v) is 1.75. The van der Waals surface area contributed by atoms with Crippen molar-refractivity contribution >= 4 is 23.9 Å². The van der Waals surface area contributed by atoms with Gasteiger partial charge in [-0.1, -0.05) is 12.1 Å². The highest BCUT2D eigenvalue weighted by Crippen LogP contribution is 2.25. The normalized spacial score (nSPS) is 11.5. The summed E-state index contributed by atoms with van der Waals surface area (Å²) in [6, 6.07) is 9.37. The molecule has 0 saturated carbocycles. The van der Waals surface area contributed by atoms with Gasteiger partial charge in [0.15, 0.2) is 12.4 Å². The Hall–Kier alpha value is -3.42. The Labute approximate surface area is 137 Å². The van der Waals surface area contributed by atoms with Gasteiger partial charge in [-0.05, 0) is 36.8 Å². The number of hydrazone groups is 1. The molecule has 1 amide bonds. The molecule has 0 aliphatic carbocycles. The van der Waals surface area contributed by atoms with Gasteiger partial charge in [0, 0.05) is 6.07 Å². The Balaban J connectivity index is 1.84. The quantitative estimate of drug-likeness (QED) is 0.477. The molecule has 0 radical (unpaired) electrons. The molecule has 1 aromatic heterocycles. The molecule has 0 atom stereocenters. The predicted molar refractivity (Wildman–Crippen MR) is 87.6 cm³/mol. The Morgan fingerprint density at radius 3 is 2.88 bits per heavy atom. The molecular weight excluding hydrogens is 314 g/mol. The van der Waals surface area contributed by atoms with E-state index in [2.05, 4.69) is 10.5 Å². The number of hydrogen-bond acceptors (Lipinski definition) is 6. The molecule has 0 saturated heterocycles. The Kier molecular flexibility index (Phi) is 5.84. The fourth-order valence-electron chi connectivity index (χ4n) is 1.75. The van der Waals surface area contributed by atoms with E-state index in [0.717, 1.165) is 5.57 Å². The van der Waals surface area contributed by atoms with Crippen LogP contribution in [0.3, 0.4) is 0 Å². The summed E-state index contributed by atoms with van der Waals surface area (Å²) in [5.74, 6) is 0.163. The lowest BCUT2D eigenvalue weighted by molar-refractivity contribution is -0.385. The number of carbonyl (C=O) groups excluding carboxylic acids is 1. The second-order valence-corrected chi connectivity index (χ2v) is 4.71. The van der Waals surface area contributed by atoms with E-state index in [1.807, 2.05) is 0 Å². The zero-order valence-electron chi connectivity index (χ0n) is 12.8. The van der Waals surface area contributed by atoms with Gasteiger partial charge >= 0.3 is 5.69 Å². The highest BCUT2D eigenvalue weighted by atomic mass is 16.6. The maximum Gasteiger partial charge on any atom is 0.310 e. The van der Waals surface area contributed by atoms with Crippen LogP contribution in [0, 0.1) is 10.1 Å². The van der Waals surface area contributed by atoms with Crippen LogP contribution < -0.4 is 10.2 Å². The SMILES string of the molecule is CC(C=NNC(=O)COc1ccccc1[N+](=O)[O-])=Cc1ccco1. The number of nitro benzene ring substituents is 1. The minimum atomic E-state index is -0.575. The number of hydrogen-bond donors (Lipinski definition) is 1. The van der Waals surface area contributed by atoms with Crippen molar-refractivity contribution in [2.45, 2.75) is 6.92 Å². The molecule has 8 nitrogen and oxygen atoms in total. The highest BCUT2D eigenvalue weighted by molar-refractivity contribution is 5.85. The lowest BCUT2D eigenvalue weighted by Gasteiger charge is -2.05. The number of rotatable bonds is 7. The molecule has 2 aromatic rings. The minimum Gasteiger partial charge on any atom is -0.477 e. The summed E-state index contributed by atoms with van der Waals surface area (Å²) in [6.45, 7) is 1.41. The topological polar surface area (TPSA) is 107 Å². The highest BCUT2D eigenvalue weighted by Gasteiger charge is 2.14. The molecule has 8 heteroatoms. The van der Waals surface area contributed by atoms with Crippen LogP contribution in [0.4, 0.5) is 5.69 Å². The molecule has 124 valence electrons. The Morgan fingerprint density at radius 1 is 1.38 bits per heavy atom. The summed E-state index contributed by atoms with van der Waals surface area (Å²) in [5.41, 5.74) is 2.84. The number of nitro groups is 1. The van der Waals surface area contributed by atoms with Gasteiger partial charge in [0.05, 0.1) is 17.4 Å². The van der Waals surface area contributed by atoms with Crippen LogP contribution in [0.5, 0.6) is 5.75 Å². The van der Waals surface area contributed by atoms with Crippen molar-refractivity contribution in [3.63, 3.8) is 0 Å². The molecule has 1 N–H and O–H groups in total. The number of nitrogens with zero attached hydrogens (tertiary/aromatic N) is 2. The average Bonchev–Trinajstić information content (AvgIpc) is 3.06. The number of ether oxygens (including phenoxy) is 1. The van der Waals surface area contributed by atoms with E-state index in [-0.39, 0.29) is 18.0 Å². The first-order chi connectivity index (χ1) is 11.6. The zero-order valence-corrected chi connectivity index (χ0v) is 12.8. The van der Waals surface area contributed by atoms with Crippen molar-refractivity contribution in [3.8, 4) is 5.75 Å². The zero-order chi connectivity index (χ0) is 17.4. The maximum atomic E-state index is 11.6. The van der Waals surface area contributed by atoms with Gasteiger partial charge in [-0.25, -0.2) is 5.43 Å². The third kappa shape index (κ3) is 5.09. The number of benzene rings is 1. The van der Waals surface area contributed by atoms with Crippen LogP contribution >= 0.6 is 0 Å². The van der Waals surface area contributed by atoms with Crippen molar-refractivity contribution in [1.29, 1.82) is 0 Å². The smallest absolute Gasteiger partial charge is 0.310 e. The predicted octanol–water partition coefficient (Wildman–Crippen LogP) is 2.77. The number of carbonyl (C=O) groups is 1. The molecule has 2 rings (SSSR count). The van der Waals surface area contributed by atoms with Crippen LogP contribution in [0.15, 0.2) is 57.8 Å². The molecule has 1 aromatic carbocycles. The second-order valence-electron chi connectivity index (χ2n) is 4.71. The summed E-state index contributed by atoms with van der Waals surface area (Å²) in [7, 11) is 0. The second kappa shape index (κ2) is 8.28. The lowest BCUT2D eigenvalue weighted by Crippen LogP contribution is -2.24.